The van der Waals surface area contributed by atoms with Gasteiger partial charge in [0.25, 0.3) is 0 Å². The summed E-state index contributed by atoms with van der Waals surface area (Å²) >= 11 is 0. The van der Waals surface area contributed by atoms with Gasteiger partial charge in [-0.05, 0) is 49.2 Å². The fourth-order valence-electron chi connectivity index (χ4n) is 3.97. The highest BCUT2D eigenvalue weighted by molar-refractivity contribution is 5.47. The second-order valence-corrected chi connectivity index (χ2v) is 7.65. The normalized spacial score (nSPS) is 21.7. The quantitative estimate of drug-likeness (QED) is 0.844. The summed E-state index contributed by atoms with van der Waals surface area (Å²) in [6.45, 7) is 6.18. The van der Waals surface area contributed by atoms with Crippen molar-refractivity contribution in [2.24, 2.45) is 0 Å². The van der Waals surface area contributed by atoms with Crippen molar-refractivity contribution in [1.29, 1.82) is 0 Å². The van der Waals surface area contributed by atoms with E-state index in [9.17, 15) is 4.39 Å². The van der Waals surface area contributed by atoms with Crippen LogP contribution in [0.4, 0.5) is 15.9 Å². The van der Waals surface area contributed by atoms with E-state index in [-0.39, 0.29) is 5.82 Å². The van der Waals surface area contributed by atoms with Crippen LogP contribution in [0.5, 0.6) is 0 Å². The van der Waals surface area contributed by atoms with Gasteiger partial charge in [0.15, 0.2) is 5.82 Å². The highest BCUT2D eigenvalue weighted by Gasteiger charge is 2.34. The number of benzene rings is 1. The van der Waals surface area contributed by atoms with Crippen LogP contribution < -0.4 is 9.80 Å². The maximum absolute atomic E-state index is 13.1. The molecule has 1 aromatic heterocycles. The third-order valence-corrected chi connectivity index (χ3v) is 5.88. The molecule has 1 aromatic carbocycles. The number of piperazine rings is 1. The molecule has 0 bridgehead atoms. The van der Waals surface area contributed by atoms with Gasteiger partial charge in [-0.15, -0.1) is 5.10 Å². The van der Waals surface area contributed by atoms with Gasteiger partial charge in [-0.2, -0.15) is 5.10 Å². The minimum absolute atomic E-state index is 0.171. The molecule has 5 nitrogen and oxygen atoms in total. The summed E-state index contributed by atoms with van der Waals surface area (Å²) in [5.41, 5.74) is 2.27. The van der Waals surface area contributed by atoms with E-state index in [1.807, 2.05) is 12.1 Å². The molecular weight excluding hydrogens is 329 g/mol. The number of nitrogens with zero attached hydrogens (tertiary/aromatic N) is 5. The van der Waals surface area contributed by atoms with E-state index >= 15 is 0 Å². The topological polar surface area (TPSA) is 35.5 Å². The molecule has 0 spiro atoms. The van der Waals surface area contributed by atoms with Crippen LogP contribution in [-0.4, -0.2) is 60.4 Å². The average Bonchev–Trinajstić information content (AvgIpc) is 3.48. The first kappa shape index (κ1) is 16.0. The van der Waals surface area contributed by atoms with E-state index in [4.69, 9.17) is 0 Å². The van der Waals surface area contributed by atoms with Gasteiger partial charge in [0.05, 0.1) is 5.69 Å². The second kappa shape index (κ2) is 6.50. The lowest BCUT2D eigenvalue weighted by molar-refractivity contribution is 0.156. The van der Waals surface area contributed by atoms with E-state index in [2.05, 4.69) is 37.0 Å². The second-order valence-electron chi connectivity index (χ2n) is 7.65. The Hall–Kier alpha value is -2.21. The van der Waals surface area contributed by atoms with Crippen molar-refractivity contribution in [2.45, 2.75) is 24.8 Å². The lowest BCUT2D eigenvalue weighted by atomic mass is 10.1. The van der Waals surface area contributed by atoms with Crippen LogP contribution in [0.2, 0.25) is 0 Å². The highest BCUT2D eigenvalue weighted by Crippen LogP contribution is 2.39. The standard InChI is InChI=1S/C20H24FN5/c21-16-3-5-17(6-4-16)24-9-11-25(12-10-24)18-13-26(14-18)20-8-7-19(22-23-20)15-1-2-15/h3-8,15,18H,1-2,9-14H2. The first-order valence-electron chi connectivity index (χ1n) is 9.59. The van der Waals surface area contributed by atoms with Gasteiger partial charge >= 0.3 is 0 Å². The van der Waals surface area contributed by atoms with Gasteiger partial charge < -0.3 is 9.80 Å². The Morgan fingerprint density at radius 1 is 0.808 bits per heavy atom. The van der Waals surface area contributed by atoms with Crippen molar-refractivity contribution in [1.82, 2.24) is 15.1 Å². The Morgan fingerprint density at radius 2 is 1.54 bits per heavy atom. The van der Waals surface area contributed by atoms with Crippen LogP contribution in [0.1, 0.15) is 24.5 Å². The fraction of sp³-hybridized carbons (Fsp3) is 0.500. The predicted octanol–water partition coefficient (Wildman–Crippen LogP) is 2.50. The number of hydrogen-bond donors (Lipinski definition) is 0. The van der Waals surface area contributed by atoms with Crippen LogP contribution in [0.15, 0.2) is 36.4 Å². The number of anilines is 2. The van der Waals surface area contributed by atoms with Crippen LogP contribution in [-0.2, 0) is 0 Å². The Kier molecular flexibility index (Phi) is 4.00. The van der Waals surface area contributed by atoms with E-state index in [1.54, 1.807) is 12.1 Å². The molecule has 2 aliphatic heterocycles. The molecule has 0 atom stereocenters. The van der Waals surface area contributed by atoms with Gasteiger partial charge in [0.1, 0.15) is 5.82 Å². The maximum atomic E-state index is 13.1. The number of rotatable bonds is 4. The minimum atomic E-state index is -0.171. The molecule has 1 saturated carbocycles. The molecule has 2 saturated heterocycles. The summed E-state index contributed by atoms with van der Waals surface area (Å²) in [7, 11) is 0. The largest absolute Gasteiger partial charge is 0.369 e. The van der Waals surface area contributed by atoms with Crippen molar-refractivity contribution in [3.05, 3.63) is 47.9 Å². The molecule has 1 aliphatic carbocycles. The van der Waals surface area contributed by atoms with Gasteiger partial charge in [-0.1, -0.05) is 0 Å². The van der Waals surface area contributed by atoms with Crippen molar-refractivity contribution >= 4 is 11.5 Å². The van der Waals surface area contributed by atoms with E-state index in [1.165, 1.54) is 12.8 Å². The van der Waals surface area contributed by atoms with E-state index < -0.39 is 0 Å². The molecule has 0 N–H and O–H groups in total. The third kappa shape index (κ3) is 3.14. The average molecular weight is 353 g/mol. The summed E-state index contributed by atoms with van der Waals surface area (Å²) < 4.78 is 13.1. The van der Waals surface area contributed by atoms with Crippen LogP contribution >= 0.6 is 0 Å². The summed E-state index contributed by atoms with van der Waals surface area (Å²) in [5.74, 6) is 1.50. The number of aromatic nitrogens is 2. The molecule has 5 rings (SSSR count). The van der Waals surface area contributed by atoms with Crippen molar-refractivity contribution in [3.8, 4) is 0 Å². The van der Waals surface area contributed by atoms with E-state index in [0.29, 0.717) is 12.0 Å². The molecule has 0 radical (unpaired) electrons. The smallest absolute Gasteiger partial charge is 0.151 e. The molecule has 3 aliphatic rings. The molecule has 0 unspecified atom stereocenters. The Labute approximate surface area is 153 Å². The summed E-state index contributed by atoms with van der Waals surface area (Å²) in [4.78, 5) is 7.23. The minimum Gasteiger partial charge on any atom is -0.369 e. The van der Waals surface area contributed by atoms with Gasteiger partial charge in [-0.3, -0.25) is 4.90 Å². The molecule has 2 aromatic rings. The Bertz CT molecular complexity index is 745. The van der Waals surface area contributed by atoms with Gasteiger partial charge in [0, 0.05) is 56.9 Å². The lowest BCUT2D eigenvalue weighted by Crippen LogP contribution is -2.63. The summed E-state index contributed by atoms with van der Waals surface area (Å²) in [5, 5.41) is 8.81. The molecule has 6 heteroatoms. The Morgan fingerprint density at radius 3 is 2.15 bits per heavy atom. The molecular formula is C20H24FN5. The van der Waals surface area contributed by atoms with E-state index in [0.717, 1.165) is 56.5 Å². The fourth-order valence-corrected chi connectivity index (χ4v) is 3.97. The molecule has 26 heavy (non-hydrogen) atoms. The zero-order chi connectivity index (χ0) is 17.5. The van der Waals surface area contributed by atoms with Crippen molar-refractivity contribution < 1.29 is 4.39 Å². The molecule has 0 amide bonds. The maximum Gasteiger partial charge on any atom is 0.151 e. The first-order valence-corrected chi connectivity index (χ1v) is 9.59. The van der Waals surface area contributed by atoms with Gasteiger partial charge in [-0.25, -0.2) is 4.39 Å². The monoisotopic (exact) mass is 353 g/mol. The zero-order valence-corrected chi connectivity index (χ0v) is 14.9. The van der Waals surface area contributed by atoms with Crippen LogP contribution in [0.25, 0.3) is 0 Å². The summed E-state index contributed by atoms with van der Waals surface area (Å²) in [6, 6.07) is 11.7. The predicted molar refractivity (Wildman–Crippen MR) is 100 cm³/mol. The Balaban J connectivity index is 1.12. The number of halogens is 1. The zero-order valence-electron chi connectivity index (χ0n) is 14.9. The van der Waals surface area contributed by atoms with Gasteiger partial charge in [0.2, 0.25) is 0 Å². The first-order chi connectivity index (χ1) is 12.8. The molecule has 3 heterocycles. The number of hydrogen-bond acceptors (Lipinski definition) is 5. The van der Waals surface area contributed by atoms with Crippen molar-refractivity contribution in [2.75, 3.05) is 49.1 Å². The molecule has 3 fully saturated rings. The third-order valence-electron chi connectivity index (χ3n) is 5.88. The SMILES string of the molecule is Fc1ccc(N2CCN(C3CN(c4ccc(C5CC5)nn4)C3)CC2)cc1. The lowest BCUT2D eigenvalue weighted by Gasteiger charge is -2.48. The summed E-state index contributed by atoms with van der Waals surface area (Å²) in [6.07, 6.45) is 2.54. The highest BCUT2D eigenvalue weighted by atomic mass is 19.1. The molecule has 136 valence electrons. The van der Waals surface area contributed by atoms with Crippen LogP contribution in [0.3, 0.4) is 0 Å². The van der Waals surface area contributed by atoms with Crippen LogP contribution in [0, 0.1) is 5.82 Å². The van der Waals surface area contributed by atoms with Crippen molar-refractivity contribution in [3.63, 3.8) is 0 Å².